The van der Waals surface area contributed by atoms with Gasteiger partial charge >= 0.3 is 0 Å². The first-order valence-corrected chi connectivity index (χ1v) is 5.99. The van der Waals surface area contributed by atoms with Crippen LogP contribution in [0.5, 0.6) is 0 Å². The Morgan fingerprint density at radius 3 is 3.08 bits per heavy atom. The maximum atomic E-state index is 4.36. The molecule has 5 heteroatoms. The van der Waals surface area contributed by atoms with Crippen LogP contribution in [0.15, 0.2) is 22.8 Å². The monoisotopic (exact) mass is 257 g/mol. The van der Waals surface area contributed by atoms with E-state index in [4.69, 9.17) is 0 Å². The Balaban J connectivity index is 2.55. The molecular weight excluding hydrogens is 250 g/mol. The maximum Gasteiger partial charge on any atom is 0.161 e. The van der Waals surface area contributed by atoms with Crippen molar-refractivity contribution in [2.24, 2.45) is 0 Å². The number of thioether (sulfide) groups is 1. The topological polar surface area (TPSA) is 30.2 Å². The van der Waals surface area contributed by atoms with Gasteiger partial charge in [-0.2, -0.15) is 11.8 Å². The van der Waals surface area contributed by atoms with E-state index < -0.39 is 0 Å². The molecule has 0 fully saturated rings. The van der Waals surface area contributed by atoms with Crippen molar-refractivity contribution >= 4 is 33.3 Å². The summed E-state index contributed by atoms with van der Waals surface area (Å²) in [5.74, 6) is 1.73. The molecule has 0 saturated heterocycles. The summed E-state index contributed by atoms with van der Waals surface area (Å²) in [7, 11) is 0. The highest BCUT2D eigenvalue weighted by atomic mass is 79.9. The Kier molecular flexibility index (Phi) is 2.55. The van der Waals surface area contributed by atoms with Gasteiger partial charge in [-0.3, -0.25) is 0 Å². The van der Waals surface area contributed by atoms with Crippen molar-refractivity contribution < 1.29 is 0 Å². The largest absolute Gasteiger partial charge is 0.211 e. The summed E-state index contributed by atoms with van der Waals surface area (Å²) in [6, 6.07) is 5.85. The molecule has 0 amide bonds. The first-order chi connectivity index (χ1) is 6.31. The lowest BCUT2D eigenvalue weighted by atomic mass is 10.5. The molecule has 13 heavy (non-hydrogen) atoms. The summed E-state index contributed by atoms with van der Waals surface area (Å²) in [6.45, 7) is 0. The highest BCUT2D eigenvalue weighted by Gasteiger charge is 2.03. The molecule has 0 radical (unpaired) electrons. The molecule has 0 aromatic carbocycles. The fraction of sp³-hybridized carbons (Fsp3) is 0.250. The highest BCUT2D eigenvalue weighted by Crippen LogP contribution is 2.13. The van der Waals surface area contributed by atoms with Crippen LogP contribution in [0.25, 0.3) is 5.65 Å². The third kappa shape index (κ3) is 1.71. The van der Waals surface area contributed by atoms with Crippen LogP contribution in [0.2, 0.25) is 0 Å². The van der Waals surface area contributed by atoms with Gasteiger partial charge in [-0.25, -0.2) is 9.50 Å². The first-order valence-electron chi connectivity index (χ1n) is 3.80. The van der Waals surface area contributed by atoms with E-state index in [1.165, 1.54) is 0 Å². The zero-order valence-corrected chi connectivity index (χ0v) is 9.47. The second-order valence-electron chi connectivity index (χ2n) is 2.58. The molecule has 3 nitrogen and oxygen atoms in total. The van der Waals surface area contributed by atoms with Gasteiger partial charge in [0.2, 0.25) is 0 Å². The molecular formula is C8H8BrN3S. The third-order valence-corrected chi connectivity index (χ3v) is 2.78. The zero-order chi connectivity index (χ0) is 9.26. The van der Waals surface area contributed by atoms with Gasteiger partial charge in [-0.15, -0.1) is 5.10 Å². The summed E-state index contributed by atoms with van der Waals surface area (Å²) in [5, 5.41) is 4.34. The van der Waals surface area contributed by atoms with Crippen LogP contribution < -0.4 is 0 Å². The number of nitrogens with zero attached hydrogens (tertiary/aromatic N) is 3. The van der Waals surface area contributed by atoms with Gasteiger partial charge in [-0.05, 0) is 34.3 Å². The number of aromatic nitrogens is 3. The lowest BCUT2D eigenvalue weighted by Gasteiger charge is -1.92. The molecule has 2 aromatic heterocycles. The third-order valence-electron chi connectivity index (χ3n) is 1.63. The van der Waals surface area contributed by atoms with Gasteiger partial charge in [0.1, 0.15) is 4.60 Å². The molecule has 2 rings (SSSR count). The molecule has 68 valence electrons. The number of hydrogen-bond acceptors (Lipinski definition) is 3. The fourth-order valence-corrected chi connectivity index (χ4v) is 1.90. The van der Waals surface area contributed by atoms with Gasteiger partial charge < -0.3 is 0 Å². The Morgan fingerprint density at radius 1 is 1.54 bits per heavy atom. The standard InChI is InChI=1S/C8H8BrN3S/c1-13-5-7-10-8-4-2-3-6(9)12(8)11-7/h2-4H,5H2,1H3. The minimum Gasteiger partial charge on any atom is -0.211 e. The lowest BCUT2D eigenvalue weighted by molar-refractivity contribution is 0.904. The van der Waals surface area contributed by atoms with Crippen molar-refractivity contribution in [2.75, 3.05) is 6.26 Å². The number of fused-ring (bicyclic) bond motifs is 1. The van der Waals surface area contributed by atoms with Crippen LogP contribution in [0.4, 0.5) is 0 Å². The summed E-state index contributed by atoms with van der Waals surface area (Å²) in [5.41, 5.74) is 0.887. The second kappa shape index (κ2) is 3.67. The van der Waals surface area contributed by atoms with Crippen molar-refractivity contribution in [2.45, 2.75) is 5.75 Å². The molecule has 0 bridgehead atoms. The second-order valence-corrected chi connectivity index (χ2v) is 4.26. The Hall–Kier alpha value is -0.550. The van der Waals surface area contributed by atoms with Crippen LogP contribution in [-0.2, 0) is 5.75 Å². The summed E-state index contributed by atoms with van der Waals surface area (Å²) < 4.78 is 2.73. The van der Waals surface area contributed by atoms with Crippen molar-refractivity contribution in [1.82, 2.24) is 14.6 Å². The molecule has 2 heterocycles. The van der Waals surface area contributed by atoms with E-state index in [1.807, 2.05) is 24.5 Å². The number of pyridine rings is 1. The summed E-state index contributed by atoms with van der Waals surface area (Å²) in [4.78, 5) is 4.36. The normalized spacial score (nSPS) is 10.9. The van der Waals surface area contributed by atoms with Crippen LogP contribution >= 0.6 is 27.7 Å². The van der Waals surface area contributed by atoms with Crippen molar-refractivity contribution in [3.63, 3.8) is 0 Å². The molecule has 0 saturated carbocycles. The smallest absolute Gasteiger partial charge is 0.161 e. The number of rotatable bonds is 2. The SMILES string of the molecule is CSCc1nc2cccc(Br)n2n1. The maximum absolute atomic E-state index is 4.36. The predicted octanol–water partition coefficient (Wildman–Crippen LogP) is 2.35. The van der Waals surface area contributed by atoms with E-state index >= 15 is 0 Å². The molecule has 0 spiro atoms. The lowest BCUT2D eigenvalue weighted by Crippen LogP contribution is -1.89. The average molecular weight is 258 g/mol. The number of hydrogen-bond donors (Lipinski definition) is 0. The molecule has 0 aliphatic heterocycles. The summed E-state index contributed by atoms with van der Waals surface area (Å²) in [6.07, 6.45) is 2.04. The fourth-order valence-electron chi connectivity index (χ4n) is 1.11. The van der Waals surface area contributed by atoms with E-state index in [1.54, 1.807) is 16.3 Å². The Labute approximate surface area is 88.7 Å². The molecule has 0 aliphatic carbocycles. The molecule has 0 N–H and O–H groups in total. The minimum absolute atomic E-state index is 0.855. The average Bonchev–Trinajstić information content (AvgIpc) is 2.49. The van der Waals surface area contributed by atoms with Crippen LogP contribution in [-0.4, -0.2) is 20.9 Å². The van der Waals surface area contributed by atoms with Gasteiger partial charge in [0.25, 0.3) is 0 Å². The first kappa shape index (κ1) is 9.02. The molecule has 0 aliphatic rings. The van der Waals surface area contributed by atoms with E-state index in [-0.39, 0.29) is 0 Å². The van der Waals surface area contributed by atoms with Crippen LogP contribution in [0.1, 0.15) is 5.82 Å². The molecule has 2 aromatic rings. The molecule has 0 unspecified atom stereocenters. The van der Waals surface area contributed by atoms with Crippen molar-refractivity contribution in [1.29, 1.82) is 0 Å². The predicted molar refractivity (Wildman–Crippen MR) is 57.9 cm³/mol. The van der Waals surface area contributed by atoms with Crippen LogP contribution in [0.3, 0.4) is 0 Å². The van der Waals surface area contributed by atoms with E-state index in [0.29, 0.717) is 0 Å². The van der Waals surface area contributed by atoms with Gasteiger partial charge in [0.05, 0.1) is 5.75 Å². The van der Waals surface area contributed by atoms with Crippen molar-refractivity contribution in [3.8, 4) is 0 Å². The van der Waals surface area contributed by atoms with Gasteiger partial charge in [-0.1, -0.05) is 6.07 Å². The van der Waals surface area contributed by atoms with E-state index in [2.05, 4.69) is 26.0 Å². The van der Waals surface area contributed by atoms with Gasteiger partial charge in [0.15, 0.2) is 11.5 Å². The molecule has 0 atom stereocenters. The van der Waals surface area contributed by atoms with E-state index in [0.717, 1.165) is 21.8 Å². The zero-order valence-electron chi connectivity index (χ0n) is 7.07. The Bertz CT molecular complexity index is 426. The van der Waals surface area contributed by atoms with Gasteiger partial charge in [0, 0.05) is 0 Å². The highest BCUT2D eigenvalue weighted by molar-refractivity contribution is 9.10. The van der Waals surface area contributed by atoms with Crippen molar-refractivity contribution in [3.05, 3.63) is 28.6 Å². The quantitative estimate of drug-likeness (QED) is 0.774. The number of halogens is 1. The van der Waals surface area contributed by atoms with Crippen LogP contribution in [0, 0.1) is 0 Å². The summed E-state index contributed by atoms with van der Waals surface area (Å²) >= 11 is 5.14. The minimum atomic E-state index is 0.855. The Morgan fingerprint density at radius 2 is 2.38 bits per heavy atom. The van der Waals surface area contributed by atoms with E-state index in [9.17, 15) is 0 Å².